The summed E-state index contributed by atoms with van der Waals surface area (Å²) in [6, 6.07) is 9.85. The van der Waals surface area contributed by atoms with Gasteiger partial charge in [0.25, 0.3) is 0 Å². The van der Waals surface area contributed by atoms with Crippen LogP contribution in [0.3, 0.4) is 0 Å². The molecule has 0 fully saturated rings. The monoisotopic (exact) mass is 228 g/mol. The highest BCUT2D eigenvalue weighted by Crippen LogP contribution is 2.28. The van der Waals surface area contributed by atoms with Crippen molar-refractivity contribution in [3.8, 4) is 0 Å². The Bertz CT molecular complexity index is 251. The molecule has 1 aromatic rings. The predicted octanol–water partition coefficient (Wildman–Crippen LogP) is 3.37. The summed E-state index contributed by atoms with van der Waals surface area (Å²) in [5.74, 6) is 1.28. The summed E-state index contributed by atoms with van der Waals surface area (Å²) in [5.41, 5.74) is 1.02. The molecular formula is C11H16OS2. The lowest BCUT2D eigenvalue weighted by Crippen LogP contribution is -2.10. The minimum absolute atomic E-state index is 0.301. The molecule has 0 spiro atoms. The van der Waals surface area contributed by atoms with Gasteiger partial charge >= 0.3 is 0 Å². The molecule has 0 saturated carbocycles. The van der Waals surface area contributed by atoms with Crippen LogP contribution in [0.2, 0.25) is 0 Å². The van der Waals surface area contributed by atoms with Crippen LogP contribution in [0, 0.1) is 5.92 Å². The molecule has 14 heavy (non-hydrogen) atoms. The first kappa shape index (κ1) is 12.0. The average molecular weight is 228 g/mol. The molecule has 2 atom stereocenters. The second-order valence-electron chi connectivity index (χ2n) is 3.28. The lowest BCUT2D eigenvalue weighted by Gasteiger charge is -2.18. The van der Waals surface area contributed by atoms with Crippen molar-refractivity contribution >= 4 is 21.6 Å². The van der Waals surface area contributed by atoms with E-state index in [1.165, 1.54) is 0 Å². The topological polar surface area (TPSA) is 20.2 Å². The van der Waals surface area contributed by atoms with Gasteiger partial charge in [-0.3, -0.25) is 0 Å². The zero-order valence-electron chi connectivity index (χ0n) is 8.51. The summed E-state index contributed by atoms with van der Waals surface area (Å²) in [6.45, 7) is 2.08. The number of aliphatic hydroxyl groups excluding tert-OH is 1. The molecule has 78 valence electrons. The maximum atomic E-state index is 9.99. The fourth-order valence-electron chi connectivity index (χ4n) is 1.25. The van der Waals surface area contributed by atoms with E-state index in [1.54, 1.807) is 21.6 Å². The second kappa shape index (κ2) is 6.38. The molecule has 0 saturated heterocycles. The van der Waals surface area contributed by atoms with Gasteiger partial charge in [-0.15, -0.1) is 0 Å². The van der Waals surface area contributed by atoms with Crippen molar-refractivity contribution in [3.05, 3.63) is 35.9 Å². The molecule has 0 radical (unpaired) electrons. The molecule has 0 amide bonds. The molecule has 1 aromatic carbocycles. The van der Waals surface area contributed by atoms with Gasteiger partial charge in [-0.05, 0) is 17.7 Å². The van der Waals surface area contributed by atoms with Crippen LogP contribution in [0.15, 0.2) is 30.3 Å². The normalized spacial score (nSPS) is 15.1. The van der Waals surface area contributed by atoms with E-state index in [4.69, 9.17) is 0 Å². The Morgan fingerprint density at radius 1 is 1.29 bits per heavy atom. The Morgan fingerprint density at radius 3 is 2.50 bits per heavy atom. The fraction of sp³-hybridized carbons (Fsp3) is 0.455. The van der Waals surface area contributed by atoms with Crippen LogP contribution in [-0.4, -0.2) is 17.1 Å². The number of hydrogen-bond acceptors (Lipinski definition) is 3. The Kier molecular flexibility index (Phi) is 5.45. The lowest BCUT2D eigenvalue weighted by atomic mass is 9.99. The van der Waals surface area contributed by atoms with Gasteiger partial charge in [-0.25, -0.2) is 0 Å². The van der Waals surface area contributed by atoms with E-state index < -0.39 is 0 Å². The first-order valence-corrected chi connectivity index (χ1v) is 7.37. The zero-order chi connectivity index (χ0) is 10.4. The van der Waals surface area contributed by atoms with Crippen LogP contribution in [0.5, 0.6) is 0 Å². The number of rotatable bonds is 5. The highest BCUT2D eigenvalue weighted by molar-refractivity contribution is 8.76. The van der Waals surface area contributed by atoms with E-state index in [-0.39, 0.29) is 6.10 Å². The van der Waals surface area contributed by atoms with Crippen molar-refractivity contribution in [2.45, 2.75) is 13.0 Å². The summed E-state index contributed by atoms with van der Waals surface area (Å²) in [5, 5.41) is 9.99. The Labute approximate surface area is 93.7 Å². The molecule has 1 nitrogen and oxygen atoms in total. The molecule has 3 heteroatoms. The first-order valence-electron chi connectivity index (χ1n) is 4.64. The minimum atomic E-state index is -0.337. The SMILES string of the molecule is CSSCC(C)C(O)c1ccccc1. The number of aliphatic hydroxyl groups is 1. The zero-order valence-corrected chi connectivity index (χ0v) is 10.1. The molecule has 0 aliphatic heterocycles. The standard InChI is InChI=1S/C11H16OS2/c1-9(8-14-13-2)11(12)10-6-4-3-5-7-10/h3-7,9,11-12H,8H2,1-2H3. The second-order valence-corrected chi connectivity index (χ2v) is 5.89. The summed E-state index contributed by atoms with van der Waals surface area (Å²) in [6.07, 6.45) is 1.72. The van der Waals surface area contributed by atoms with Gasteiger partial charge in [-0.1, -0.05) is 58.8 Å². The molecular weight excluding hydrogens is 212 g/mol. The smallest absolute Gasteiger partial charge is 0.0823 e. The summed E-state index contributed by atoms with van der Waals surface area (Å²) in [7, 11) is 3.54. The van der Waals surface area contributed by atoms with Crippen LogP contribution < -0.4 is 0 Å². The molecule has 0 heterocycles. The Balaban J connectivity index is 2.52. The third-order valence-corrected chi connectivity index (χ3v) is 4.14. The highest BCUT2D eigenvalue weighted by atomic mass is 33.1. The number of hydrogen-bond donors (Lipinski definition) is 1. The average Bonchev–Trinajstić information content (AvgIpc) is 2.26. The van der Waals surface area contributed by atoms with Crippen molar-refractivity contribution < 1.29 is 5.11 Å². The van der Waals surface area contributed by atoms with E-state index in [0.717, 1.165) is 11.3 Å². The van der Waals surface area contributed by atoms with Crippen molar-refractivity contribution in [1.29, 1.82) is 0 Å². The molecule has 2 unspecified atom stereocenters. The predicted molar refractivity (Wildman–Crippen MR) is 66.5 cm³/mol. The molecule has 0 aliphatic carbocycles. The highest BCUT2D eigenvalue weighted by Gasteiger charge is 2.15. The van der Waals surface area contributed by atoms with Crippen LogP contribution in [0.4, 0.5) is 0 Å². The third-order valence-electron chi connectivity index (χ3n) is 2.13. The van der Waals surface area contributed by atoms with Crippen LogP contribution >= 0.6 is 21.6 Å². The van der Waals surface area contributed by atoms with Gasteiger partial charge in [0, 0.05) is 5.75 Å². The van der Waals surface area contributed by atoms with Crippen molar-refractivity contribution in [3.63, 3.8) is 0 Å². The largest absolute Gasteiger partial charge is 0.388 e. The van der Waals surface area contributed by atoms with Gasteiger partial charge in [0.15, 0.2) is 0 Å². The van der Waals surface area contributed by atoms with Gasteiger partial charge in [0.05, 0.1) is 6.10 Å². The van der Waals surface area contributed by atoms with Crippen LogP contribution in [-0.2, 0) is 0 Å². The van der Waals surface area contributed by atoms with Crippen LogP contribution in [0.1, 0.15) is 18.6 Å². The van der Waals surface area contributed by atoms with E-state index in [1.807, 2.05) is 30.3 Å². The van der Waals surface area contributed by atoms with Gasteiger partial charge in [-0.2, -0.15) is 0 Å². The minimum Gasteiger partial charge on any atom is -0.388 e. The van der Waals surface area contributed by atoms with Gasteiger partial charge < -0.3 is 5.11 Å². The van der Waals surface area contributed by atoms with Crippen LogP contribution in [0.25, 0.3) is 0 Å². The first-order chi connectivity index (χ1) is 6.75. The Hall–Kier alpha value is -0.120. The summed E-state index contributed by atoms with van der Waals surface area (Å²) < 4.78 is 0. The molecule has 1 rings (SSSR count). The van der Waals surface area contributed by atoms with E-state index in [2.05, 4.69) is 13.2 Å². The van der Waals surface area contributed by atoms with E-state index in [9.17, 15) is 5.11 Å². The van der Waals surface area contributed by atoms with Gasteiger partial charge in [0.1, 0.15) is 0 Å². The van der Waals surface area contributed by atoms with Crippen molar-refractivity contribution in [2.24, 2.45) is 5.92 Å². The van der Waals surface area contributed by atoms with Gasteiger partial charge in [0.2, 0.25) is 0 Å². The van der Waals surface area contributed by atoms with Crippen molar-refractivity contribution in [1.82, 2.24) is 0 Å². The molecule has 0 aromatic heterocycles. The van der Waals surface area contributed by atoms with E-state index in [0.29, 0.717) is 5.92 Å². The maximum Gasteiger partial charge on any atom is 0.0823 e. The third kappa shape index (κ3) is 3.56. The summed E-state index contributed by atoms with van der Waals surface area (Å²) in [4.78, 5) is 0. The maximum absolute atomic E-state index is 9.99. The Morgan fingerprint density at radius 2 is 1.93 bits per heavy atom. The lowest BCUT2D eigenvalue weighted by molar-refractivity contribution is 0.129. The summed E-state index contributed by atoms with van der Waals surface area (Å²) >= 11 is 0. The number of benzene rings is 1. The molecule has 1 N–H and O–H groups in total. The molecule has 0 aliphatic rings. The van der Waals surface area contributed by atoms with E-state index >= 15 is 0 Å². The van der Waals surface area contributed by atoms with Crippen molar-refractivity contribution in [2.75, 3.05) is 12.0 Å². The fourth-order valence-corrected chi connectivity index (χ4v) is 2.83. The quantitative estimate of drug-likeness (QED) is 0.780. The molecule has 0 bridgehead atoms.